The topological polar surface area (TPSA) is 45.2 Å². The third-order valence-corrected chi connectivity index (χ3v) is 4.27. The molecular formula is C18H18F3N3O. The first-order valence-electron chi connectivity index (χ1n) is 8.07. The van der Waals surface area contributed by atoms with Gasteiger partial charge in [0.1, 0.15) is 5.82 Å². The van der Waals surface area contributed by atoms with Gasteiger partial charge in [0.05, 0.1) is 5.56 Å². The van der Waals surface area contributed by atoms with Gasteiger partial charge in [-0.25, -0.2) is 4.98 Å². The second-order valence-electron chi connectivity index (χ2n) is 6.00. The average molecular weight is 349 g/mol. The van der Waals surface area contributed by atoms with E-state index >= 15 is 0 Å². The number of carbonyl (C=O) groups is 1. The number of hydrogen-bond donors (Lipinski definition) is 1. The van der Waals surface area contributed by atoms with Crippen LogP contribution in [0.4, 0.5) is 19.0 Å². The van der Waals surface area contributed by atoms with Gasteiger partial charge in [-0.1, -0.05) is 18.2 Å². The molecule has 2 aromatic rings. The van der Waals surface area contributed by atoms with E-state index < -0.39 is 11.7 Å². The lowest BCUT2D eigenvalue weighted by atomic mass is 10.0. The number of halogens is 3. The molecule has 0 saturated carbocycles. The third-order valence-electron chi connectivity index (χ3n) is 4.27. The van der Waals surface area contributed by atoms with Crippen LogP contribution >= 0.6 is 0 Å². The van der Waals surface area contributed by atoms with Gasteiger partial charge in [0.2, 0.25) is 0 Å². The van der Waals surface area contributed by atoms with Crippen LogP contribution in [0.3, 0.4) is 0 Å². The number of anilines is 1. The first-order chi connectivity index (χ1) is 11.9. The second kappa shape index (κ2) is 7.13. The molecule has 0 spiro atoms. The summed E-state index contributed by atoms with van der Waals surface area (Å²) in [7, 11) is 0. The van der Waals surface area contributed by atoms with E-state index in [-0.39, 0.29) is 11.9 Å². The van der Waals surface area contributed by atoms with E-state index in [9.17, 15) is 18.0 Å². The van der Waals surface area contributed by atoms with Crippen LogP contribution in [0.25, 0.3) is 0 Å². The highest BCUT2D eigenvalue weighted by atomic mass is 19.4. The van der Waals surface area contributed by atoms with E-state index in [4.69, 9.17) is 0 Å². The van der Waals surface area contributed by atoms with Gasteiger partial charge >= 0.3 is 6.18 Å². The second-order valence-corrected chi connectivity index (χ2v) is 6.00. The fraction of sp³-hybridized carbons (Fsp3) is 0.333. The normalized spacial score (nSPS) is 15.9. The molecular weight excluding hydrogens is 331 g/mol. The Kier molecular flexibility index (Phi) is 4.92. The number of carbonyl (C=O) groups excluding carboxylic acids is 1. The Morgan fingerprint density at radius 1 is 1.08 bits per heavy atom. The van der Waals surface area contributed by atoms with Crippen molar-refractivity contribution in [2.75, 3.05) is 18.0 Å². The van der Waals surface area contributed by atoms with Crippen LogP contribution in [0.5, 0.6) is 0 Å². The number of amides is 1. The van der Waals surface area contributed by atoms with Crippen molar-refractivity contribution in [3.8, 4) is 0 Å². The summed E-state index contributed by atoms with van der Waals surface area (Å²) in [5.74, 6) is 0.424. The Morgan fingerprint density at radius 2 is 1.76 bits per heavy atom. The minimum absolute atomic E-state index is 0.0541. The molecule has 132 valence electrons. The summed E-state index contributed by atoms with van der Waals surface area (Å²) in [6.07, 6.45) is -2.07. The van der Waals surface area contributed by atoms with Gasteiger partial charge < -0.3 is 10.2 Å². The predicted molar refractivity (Wildman–Crippen MR) is 88.4 cm³/mol. The largest absolute Gasteiger partial charge is 0.417 e. The van der Waals surface area contributed by atoms with Gasteiger partial charge in [0.15, 0.2) is 0 Å². The number of nitrogens with one attached hydrogen (secondary N) is 1. The van der Waals surface area contributed by atoms with Crippen molar-refractivity contribution < 1.29 is 18.0 Å². The summed E-state index contributed by atoms with van der Waals surface area (Å²) in [4.78, 5) is 18.0. The molecule has 1 aliphatic rings. The van der Waals surface area contributed by atoms with Crippen LogP contribution in [0, 0.1) is 0 Å². The molecule has 0 unspecified atom stereocenters. The quantitative estimate of drug-likeness (QED) is 0.922. The van der Waals surface area contributed by atoms with E-state index in [0.29, 0.717) is 24.5 Å². The molecule has 3 rings (SSSR count). The zero-order valence-corrected chi connectivity index (χ0v) is 13.5. The fourth-order valence-corrected chi connectivity index (χ4v) is 2.85. The molecule has 1 aromatic heterocycles. The van der Waals surface area contributed by atoms with Crippen molar-refractivity contribution in [2.45, 2.75) is 25.1 Å². The number of alkyl halides is 3. The number of piperidine rings is 1. The minimum Gasteiger partial charge on any atom is -0.356 e. The van der Waals surface area contributed by atoms with Crippen molar-refractivity contribution >= 4 is 11.7 Å². The highest BCUT2D eigenvalue weighted by molar-refractivity contribution is 5.94. The molecule has 0 radical (unpaired) electrons. The maximum atomic E-state index is 12.6. The molecule has 1 aliphatic heterocycles. The van der Waals surface area contributed by atoms with Gasteiger partial charge in [0, 0.05) is 30.9 Å². The molecule has 0 bridgehead atoms. The summed E-state index contributed by atoms with van der Waals surface area (Å²) >= 11 is 0. The smallest absolute Gasteiger partial charge is 0.356 e. The number of benzene rings is 1. The number of pyridine rings is 1. The molecule has 0 aliphatic carbocycles. The van der Waals surface area contributed by atoms with Crippen LogP contribution in [0.2, 0.25) is 0 Å². The minimum atomic E-state index is -4.37. The lowest BCUT2D eigenvalue weighted by molar-refractivity contribution is -0.137. The summed E-state index contributed by atoms with van der Waals surface area (Å²) in [6.45, 7) is 1.27. The van der Waals surface area contributed by atoms with Crippen molar-refractivity contribution in [1.82, 2.24) is 10.3 Å². The number of rotatable bonds is 3. The van der Waals surface area contributed by atoms with Gasteiger partial charge in [0.25, 0.3) is 5.91 Å². The molecule has 25 heavy (non-hydrogen) atoms. The number of nitrogens with zero attached hydrogens (tertiary/aromatic N) is 2. The molecule has 2 heterocycles. The van der Waals surface area contributed by atoms with Gasteiger partial charge in [-0.15, -0.1) is 0 Å². The molecule has 4 nitrogen and oxygen atoms in total. The molecule has 1 fully saturated rings. The lowest BCUT2D eigenvalue weighted by Crippen LogP contribution is -2.45. The molecule has 7 heteroatoms. The summed E-state index contributed by atoms with van der Waals surface area (Å²) in [6, 6.07) is 11.5. The van der Waals surface area contributed by atoms with E-state index in [1.807, 2.05) is 23.1 Å². The summed E-state index contributed by atoms with van der Waals surface area (Å²) < 4.78 is 37.7. The van der Waals surface area contributed by atoms with Crippen molar-refractivity contribution in [2.24, 2.45) is 0 Å². The number of hydrogen-bond acceptors (Lipinski definition) is 3. The highest BCUT2D eigenvalue weighted by Gasteiger charge is 2.31. The van der Waals surface area contributed by atoms with Gasteiger partial charge in [-0.2, -0.15) is 13.2 Å². The van der Waals surface area contributed by atoms with E-state index in [1.165, 1.54) is 6.07 Å². The molecule has 1 amide bonds. The average Bonchev–Trinajstić information content (AvgIpc) is 2.62. The fourth-order valence-electron chi connectivity index (χ4n) is 2.85. The Morgan fingerprint density at radius 3 is 2.32 bits per heavy atom. The molecule has 0 atom stereocenters. The van der Waals surface area contributed by atoms with E-state index in [1.54, 1.807) is 12.1 Å². The number of aromatic nitrogens is 1. The Hall–Kier alpha value is -2.57. The maximum absolute atomic E-state index is 12.6. The Balaban J connectivity index is 1.54. The van der Waals surface area contributed by atoms with Crippen LogP contribution in [0.1, 0.15) is 28.8 Å². The monoisotopic (exact) mass is 349 g/mol. The highest BCUT2D eigenvalue weighted by Crippen LogP contribution is 2.29. The van der Waals surface area contributed by atoms with Crippen molar-refractivity contribution in [3.05, 3.63) is 59.8 Å². The lowest BCUT2D eigenvalue weighted by Gasteiger charge is -2.33. The Labute approximate surface area is 143 Å². The zero-order chi connectivity index (χ0) is 17.9. The molecule has 1 aromatic carbocycles. The first kappa shape index (κ1) is 17.3. The SMILES string of the molecule is O=C(NC1CCN(c2ccc(C(F)(F)F)cn2)CC1)c1ccccc1. The van der Waals surface area contributed by atoms with Crippen LogP contribution < -0.4 is 10.2 Å². The van der Waals surface area contributed by atoms with Gasteiger partial charge in [-0.3, -0.25) is 4.79 Å². The summed E-state index contributed by atoms with van der Waals surface area (Å²) in [5.41, 5.74) is -0.129. The van der Waals surface area contributed by atoms with Gasteiger partial charge in [-0.05, 0) is 37.1 Å². The van der Waals surface area contributed by atoms with Crippen LogP contribution in [-0.4, -0.2) is 30.0 Å². The van der Waals surface area contributed by atoms with E-state index in [0.717, 1.165) is 25.1 Å². The first-order valence-corrected chi connectivity index (χ1v) is 8.07. The van der Waals surface area contributed by atoms with E-state index in [2.05, 4.69) is 10.3 Å². The van der Waals surface area contributed by atoms with Crippen LogP contribution in [-0.2, 0) is 6.18 Å². The zero-order valence-electron chi connectivity index (χ0n) is 13.5. The molecule has 1 N–H and O–H groups in total. The van der Waals surface area contributed by atoms with Crippen molar-refractivity contribution in [1.29, 1.82) is 0 Å². The predicted octanol–water partition coefficient (Wildman–Crippen LogP) is 3.50. The maximum Gasteiger partial charge on any atom is 0.417 e. The van der Waals surface area contributed by atoms with Crippen molar-refractivity contribution in [3.63, 3.8) is 0 Å². The molecule has 1 saturated heterocycles. The third kappa shape index (κ3) is 4.29. The van der Waals surface area contributed by atoms with Crippen LogP contribution in [0.15, 0.2) is 48.7 Å². The summed E-state index contributed by atoms with van der Waals surface area (Å²) in [5, 5.41) is 3.00. The standard InChI is InChI=1S/C18H18F3N3O/c19-18(20,21)14-6-7-16(22-12-14)24-10-8-15(9-11-24)23-17(25)13-4-2-1-3-5-13/h1-7,12,15H,8-11H2,(H,23,25). The Bertz CT molecular complexity index is 709.